The van der Waals surface area contributed by atoms with E-state index in [0.717, 1.165) is 11.6 Å². The van der Waals surface area contributed by atoms with Gasteiger partial charge >= 0.3 is 5.76 Å². The molecule has 9 heteroatoms. The van der Waals surface area contributed by atoms with Gasteiger partial charge in [0.2, 0.25) is 15.7 Å². The molecule has 0 saturated heterocycles. The lowest BCUT2D eigenvalue weighted by Gasteiger charge is -2.29. The maximum atomic E-state index is 12.9. The summed E-state index contributed by atoms with van der Waals surface area (Å²) in [6.07, 6.45) is 4.35. The summed E-state index contributed by atoms with van der Waals surface area (Å²) >= 11 is 0. The van der Waals surface area contributed by atoms with Crippen molar-refractivity contribution < 1.29 is 26.7 Å². The lowest BCUT2D eigenvalue weighted by atomic mass is 9.92. The number of benzene rings is 1. The van der Waals surface area contributed by atoms with E-state index < -0.39 is 26.4 Å². The number of rotatable bonds is 6. The van der Waals surface area contributed by atoms with Crippen LogP contribution in [0.2, 0.25) is 0 Å². The molecule has 1 aromatic carbocycles. The number of aromatic nitrogens is 1. The second-order valence-corrected chi connectivity index (χ2v) is 8.93. The van der Waals surface area contributed by atoms with Crippen molar-refractivity contribution in [1.29, 1.82) is 0 Å². The second kappa shape index (κ2) is 8.86. The summed E-state index contributed by atoms with van der Waals surface area (Å²) in [7, 11) is -4.86. The summed E-state index contributed by atoms with van der Waals surface area (Å²) in [5.41, 5.74) is 0.771. The van der Waals surface area contributed by atoms with E-state index in [1.807, 2.05) is 19.1 Å². The van der Waals surface area contributed by atoms with Crippen LogP contribution in [-0.4, -0.2) is 37.2 Å². The lowest BCUT2D eigenvalue weighted by molar-refractivity contribution is 0.0887. The van der Waals surface area contributed by atoms with Crippen molar-refractivity contribution in [3.63, 3.8) is 0 Å². The van der Waals surface area contributed by atoms with Crippen molar-refractivity contribution in [2.75, 3.05) is 0 Å². The number of nitrogens with one attached hydrogen (secondary N) is 1. The lowest BCUT2D eigenvalue weighted by Crippen LogP contribution is -2.40. The van der Waals surface area contributed by atoms with Gasteiger partial charge < -0.3 is 10.1 Å². The Morgan fingerprint density at radius 2 is 1.83 bits per heavy atom. The van der Waals surface area contributed by atoms with Crippen LogP contribution in [0, 0.1) is 6.92 Å². The van der Waals surface area contributed by atoms with Crippen LogP contribution in [0.25, 0.3) is 0 Å². The first-order valence-corrected chi connectivity index (χ1v) is 10.8. The van der Waals surface area contributed by atoms with Gasteiger partial charge in [-0.05, 0) is 50.3 Å². The Kier molecular flexibility index (Phi) is 6.46. The number of carbonyl (C=O) groups is 1. The van der Waals surface area contributed by atoms with Gasteiger partial charge in [-0.25, -0.2) is 13.4 Å². The number of sulfone groups is 1. The Morgan fingerprint density at radius 1 is 1.14 bits per heavy atom. The van der Waals surface area contributed by atoms with E-state index in [-0.39, 0.29) is 17.7 Å². The van der Waals surface area contributed by atoms with Gasteiger partial charge in [0.05, 0.1) is 10.5 Å². The molecule has 1 amide bonds. The number of alkyl halides is 2. The summed E-state index contributed by atoms with van der Waals surface area (Å²) in [5, 5.41) is 2.76. The molecular formula is C20H22F2N2O4S. The molecule has 1 fully saturated rings. The molecule has 1 aliphatic rings. The first-order valence-electron chi connectivity index (χ1n) is 9.28. The van der Waals surface area contributed by atoms with Gasteiger partial charge in [-0.15, -0.1) is 0 Å². The van der Waals surface area contributed by atoms with E-state index in [9.17, 15) is 22.0 Å². The van der Waals surface area contributed by atoms with E-state index >= 15 is 0 Å². The van der Waals surface area contributed by atoms with Gasteiger partial charge in [0.15, 0.2) is 0 Å². The molecule has 1 aliphatic carbocycles. The number of ether oxygens (including phenoxy) is 1. The molecule has 156 valence electrons. The molecule has 1 aromatic heterocycles. The van der Waals surface area contributed by atoms with Crippen molar-refractivity contribution >= 4 is 15.7 Å². The van der Waals surface area contributed by atoms with Crippen molar-refractivity contribution in [2.24, 2.45) is 0 Å². The minimum absolute atomic E-state index is 0.0233. The molecular weight excluding hydrogens is 402 g/mol. The fourth-order valence-electron chi connectivity index (χ4n) is 3.28. The predicted octanol–water partition coefficient (Wildman–Crippen LogP) is 3.51. The predicted molar refractivity (Wildman–Crippen MR) is 103 cm³/mol. The smallest absolute Gasteiger partial charge is 0.341 e. The topological polar surface area (TPSA) is 85.4 Å². The number of halogens is 2. The monoisotopic (exact) mass is 424 g/mol. The Balaban J connectivity index is 1.60. The van der Waals surface area contributed by atoms with Crippen LogP contribution in [0.15, 0.2) is 47.5 Å². The third kappa shape index (κ3) is 5.09. The first-order chi connectivity index (χ1) is 13.8. The van der Waals surface area contributed by atoms with Gasteiger partial charge in [0.25, 0.3) is 5.91 Å². The van der Waals surface area contributed by atoms with Crippen molar-refractivity contribution in [2.45, 2.75) is 55.4 Å². The Bertz CT molecular complexity index is 957. The number of carbonyl (C=O) groups excluding carboxylic acids is 1. The number of nitrogens with zero attached hydrogens (tertiary/aromatic N) is 1. The minimum atomic E-state index is -4.86. The van der Waals surface area contributed by atoms with E-state index in [0.29, 0.717) is 31.6 Å². The third-order valence-electron chi connectivity index (χ3n) is 4.85. The zero-order chi connectivity index (χ0) is 21.0. The summed E-state index contributed by atoms with van der Waals surface area (Å²) < 4.78 is 55.3. The number of amides is 1. The molecule has 0 aliphatic heterocycles. The quantitative estimate of drug-likeness (QED) is 0.767. The van der Waals surface area contributed by atoms with Crippen molar-refractivity contribution in [3.8, 4) is 5.88 Å². The average Bonchev–Trinajstić information content (AvgIpc) is 2.71. The third-order valence-corrected chi connectivity index (χ3v) is 6.29. The van der Waals surface area contributed by atoms with E-state index in [2.05, 4.69) is 10.3 Å². The maximum absolute atomic E-state index is 12.9. The van der Waals surface area contributed by atoms with Crippen LogP contribution in [0.4, 0.5) is 8.78 Å². The Labute approximate surface area is 168 Å². The zero-order valence-corrected chi connectivity index (χ0v) is 16.7. The summed E-state index contributed by atoms with van der Waals surface area (Å²) in [5.74, 6) is -3.71. The van der Waals surface area contributed by atoms with Gasteiger partial charge in [-0.3, -0.25) is 4.79 Å². The normalized spacial score (nSPS) is 19.7. The van der Waals surface area contributed by atoms with Gasteiger partial charge in [0.1, 0.15) is 6.10 Å². The Hall–Kier alpha value is -2.55. The number of hydrogen-bond acceptors (Lipinski definition) is 5. The molecule has 2 aromatic rings. The van der Waals surface area contributed by atoms with Crippen LogP contribution in [-0.2, 0) is 9.84 Å². The molecule has 1 N–H and O–H groups in total. The molecule has 0 atom stereocenters. The SMILES string of the molecule is Cc1ccc(OC2CCC(NC(=O)c3ccccc3S(=O)(=O)C(F)F)CC2)nc1. The van der Waals surface area contributed by atoms with E-state index in [1.54, 1.807) is 6.20 Å². The summed E-state index contributed by atoms with van der Waals surface area (Å²) in [4.78, 5) is 16.1. The van der Waals surface area contributed by atoms with Gasteiger partial charge in [0, 0.05) is 18.3 Å². The van der Waals surface area contributed by atoms with E-state index in [4.69, 9.17) is 4.74 Å². The van der Waals surface area contributed by atoms with Crippen LogP contribution in [0.3, 0.4) is 0 Å². The van der Waals surface area contributed by atoms with E-state index in [1.165, 1.54) is 18.2 Å². The second-order valence-electron chi connectivity index (χ2n) is 7.04. The molecule has 0 radical (unpaired) electrons. The van der Waals surface area contributed by atoms with Crippen LogP contribution < -0.4 is 10.1 Å². The van der Waals surface area contributed by atoms with Gasteiger partial charge in [-0.2, -0.15) is 8.78 Å². The standard InChI is InChI=1S/C20H22F2N2O4S/c1-13-6-11-18(23-12-13)28-15-9-7-14(8-10-15)24-19(25)16-4-2-3-5-17(16)29(26,27)20(21)22/h2-6,11-12,14-15,20H,7-10H2,1H3,(H,24,25). The van der Waals surface area contributed by atoms with Crippen molar-refractivity contribution in [1.82, 2.24) is 10.3 Å². The highest BCUT2D eigenvalue weighted by molar-refractivity contribution is 7.91. The molecule has 0 unspecified atom stereocenters. The van der Waals surface area contributed by atoms with Crippen LogP contribution in [0.5, 0.6) is 5.88 Å². The summed E-state index contributed by atoms with van der Waals surface area (Å²) in [6.45, 7) is 1.94. The Morgan fingerprint density at radius 3 is 2.45 bits per heavy atom. The number of pyridine rings is 1. The molecule has 0 spiro atoms. The highest BCUT2D eigenvalue weighted by atomic mass is 32.2. The number of hydrogen-bond donors (Lipinski definition) is 1. The fourth-order valence-corrected chi connectivity index (χ4v) is 4.21. The molecule has 0 bridgehead atoms. The molecule has 6 nitrogen and oxygen atoms in total. The maximum Gasteiger partial charge on any atom is 0.341 e. The van der Waals surface area contributed by atoms with Crippen molar-refractivity contribution in [3.05, 3.63) is 53.7 Å². The summed E-state index contributed by atoms with van der Waals surface area (Å²) in [6, 6.07) is 8.56. The van der Waals surface area contributed by atoms with Gasteiger partial charge in [-0.1, -0.05) is 18.2 Å². The average molecular weight is 424 g/mol. The molecule has 3 rings (SSSR count). The largest absolute Gasteiger partial charge is 0.474 e. The fraction of sp³-hybridized carbons (Fsp3) is 0.400. The van der Waals surface area contributed by atoms with Crippen LogP contribution in [0.1, 0.15) is 41.6 Å². The molecule has 1 heterocycles. The highest BCUT2D eigenvalue weighted by Crippen LogP contribution is 2.25. The van der Waals surface area contributed by atoms with Crippen LogP contribution >= 0.6 is 0 Å². The zero-order valence-electron chi connectivity index (χ0n) is 15.8. The molecule has 29 heavy (non-hydrogen) atoms. The molecule has 1 saturated carbocycles. The number of aryl methyl sites for hydroxylation is 1. The first kappa shape index (κ1) is 21.2. The highest BCUT2D eigenvalue weighted by Gasteiger charge is 2.32. The minimum Gasteiger partial charge on any atom is -0.474 e.